The van der Waals surface area contributed by atoms with Crippen LogP contribution in [0.15, 0.2) is 0 Å². The van der Waals surface area contributed by atoms with Crippen LogP contribution in [0, 0.1) is 5.92 Å². The first-order valence-electron chi connectivity index (χ1n) is 8.14. The zero-order valence-corrected chi connectivity index (χ0v) is 12.7. The highest BCUT2D eigenvalue weighted by atomic mass is 16.6. The zero-order chi connectivity index (χ0) is 14.5. The Morgan fingerprint density at radius 2 is 1.95 bits per heavy atom. The summed E-state index contributed by atoms with van der Waals surface area (Å²) in [5, 5.41) is 0. The molecule has 1 atom stereocenters. The Bertz CT molecular complexity index is 343. The average Bonchev–Trinajstić information content (AvgIpc) is 3.22. The third-order valence-corrected chi connectivity index (χ3v) is 4.40. The molecule has 3 fully saturated rings. The molecule has 0 aromatic heterocycles. The van der Waals surface area contributed by atoms with Crippen LogP contribution in [0.5, 0.6) is 0 Å². The van der Waals surface area contributed by atoms with Gasteiger partial charge in [0.25, 0.3) is 0 Å². The summed E-state index contributed by atoms with van der Waals surface area (Å²) >= 11 is 0. The Labute approximate surface area is 126 Å². The van der Waals surface area contributed by atoms with Crippen molar-refractivity contribution in [3.05, 3.63) is 0 Å². The van der Waals surface area contributed by atoms with E-state index < -0.39 is 0 Å². The van der Waals surface area contributed by atoms with E-state index in [-0.39, 0.29) is 12.2 Å². The van der Waals surface area contributed by atoms with Gasteiger partial charge in [-0.05, 0) is 25.2 Å². The van der Waals surface area contributed by atoms with Crippen LogP contribution >= 0.6 is 0 Å². The SMILES string of the molecule is O=C(OCCN1CCOCC1)N1CCC(OCC2CC2)C1. The van der Waals surface area contributed by atoms with Crippen LogP contribution in [0.4, 0.5) is 4.79 Å². The zero-order valence-electron chi connectivity index (χ0n) is 12.7. The van der Waals surface area contributed by atoms with Gasteiger partial charge in [-0.1, -0.05) is 0 Å². The molecule has 1 saturated carbocycles. The topological polar surface area (TPSA) is 51.2 Å². The van der Waals surface area contributed by atoms with Crippen molar-refractivity contribution in [2.75, 3.05) is 59.2 Å². The van der Waals surface area contributed by atoms with Crippen LogP contribution in [-0.2, 0) is 14.2 Å². The summed E-state index contributed by atoms with van der Waals surface area (Å²) in [7, 11) is 0. The smallest absolute Gasteiger partial charge is 0.409 e. The molecular weight excluding hydrogens is 272 g/mol. The van der Waals surface area contributed by atoms with E-state index in [2.05, 4.69) is 4.90 Å². The number of ether oxygens (including phenoxy) is 3. The van der Waals surface area contributed by atoms with E-state index in [1.165, 1.54) is 12.8 Å². The lowest BCUT2D eigenvalue weighted by Gasteiger charge is -2.26. The van der Waals surface area contributed by atoms with Gasteiger partial charge in [0.15, 0.2) is 0 Å². The van der Waals surface area contributed by atoms with Crippen molar-refractivity contribution in [2.45, 2.75) is 25.4 Å². The van der Waals surface area contributed by atoms with Gasteiger partial charge in [0.05, 0.1) is 25.9 Å². The fraction of sp³-hybridized carbons (Fsp3) is 0.933. The third kappa shape index (κ3) is 4.83. The van der Waals surface area contributed by atoms with Crippen molar-refractivity contribution < 1.29 is 19.0 Å². The van der Waals surface area contributed by atoms with Gasteiger partial charge in [0, 0.05) is 32.8 Å². The van der Waals surface area contributed by atoms with Gasteiger partial charge in [-0.15, -0.1) is 0 Å². The number of rotatable bonds is 6. The Morgan fingerprint density at radius 1 is 1.14 bits per heavy atom. The second-order valence-electron chi connectivity index (χ2n) is 6.20. The molecule has 3 rings (SSSR count). The first kappa shape index (κ1) is 15.1. The first-order valence-corrected chi connectivity index (χ1v) is 8.14. The summed E-state index contributed by atoms with van der Waals surface area (Å²) in [4.78, 5) is 16.0. The molecule has 1 aliphatic carbocycles. The molecule has 2 saturated heterocycles. The largest absolute Gasteiger partial charge is 0.448 e. The Kier molecular flexibility index (Phi) is 5.32. The van der Waals surface area contributed by atoms with Crippen molar-refractivity contribution in [1.29, 1.82) is 0 Å². The van der Waals surface area contributed by atoms with E-state index in [0.29, 0.717) is 13.2 Å². The van der Waals surface area contributed by atoms with Crippen molar-refractivity contribution in [1.82, 2.24) is 9.80 Å². The molecule has 0 bridgehead atoms. The van der Waals surface area contributed by atoms with E-state index in [0.717, 1.165) is 58.3 Å². The third-order valence-electron chi connectivity index (χ3n) is 4.40. The number of likely N-dealkylation sites (tertiary alicyclic amines) is 1. The maximum Gasteiger partial charge on any atom is 0.409 e. The van der Waals surface area contributed by atoms with Gasteiger partial charge in [-0.3, -0.25) is 4.90 Å². The summed E-state index contributed by atoms with van der Waals surface area (Å²) < 4.78 is 16.5. The van der Waals surface area contributed by atoms with E-state index >= 15 is 0 Å². The van der Waals surface area contributed by atoms with Crippen LogP contribution in [0.1, 0.15) is 19.3 Å². The molecule has 21 heavy (non-hydrogen) atoms. The van der Waals surface area contributed by atoms with Crippen LogP contribution in [0.2, 0.25) is 0 Å². The van der Waals surface area contributed by atoms with Gasteiger partial charge >= 0.3 is 6.09 Å². The molecule has 2 heterocycles. The Morgan fingerprint density at radius 3 is 2.71 bits per heavy atom. The minimum absolute atomic E-state index is 0.194. The quantitative estimate of drug-likeness (QED) is 0.731. The molecule has 6 heteroatoms. The minimum Gasteiger partial charge on any atom is -0.448 e. The second-order valence-corrected chi connectivity index (χ2v) is 6.20. The summed E-state index contributed by atoms with van der Waals surface area (Å²) in [6.45, 7) is 6.98. The summed E-state index contributed by atoms with van der Waals surface area (Å²) in [6.07, 6.45) is 3.56. The average molecular weight is 298 g/mol. The standard InChI is InChI=1S/C15H26N2O4/c18-15(20-10-7-16-5-8-19-9-6-16)17-4-3-14(11-17)21-12-13-1-2-13/h13-14H,1-12H2. The molecule has 3 aliphatic rings. The number of carbonyl (C=O) groups is 1. The fourth-order valence-electron chi connectivity index (χ4n) is 2.76. The van der Waals surface area contributed by atoms with E-state index in [9.17, 15) is 4.79 Å². The molecule has 0 spiro atoms. The van der Waals surface area contributed by atoms with Crippen LogP contribution in [-0.4, -0.2) is 81.1 Å². The highest BCUT2D eigenvalue weighted by molar-refractivity contribution is 5.68. The van der Waals surface area contributed by atoms with Crippen molar-refractivity contribution in [2.24, 2.45) is 5.92 Å². The number of carbonyl (C=O) groups excluding carboxylic acids is 1. The molecule has 1 amide bonds. The molecule has 6 nitrogen and oxygen atoms in total. The first-order chi connectivity index (χ1) is 10.3. The van der Waals surface area contributed by atoms with Gasteiger partial charge in [-0.25, -0.2) is 4.79 Å². The van der Waals surface area contributed by atoms with Crippen LogP contribution in [0.25, 0.3) is 0 Å². The van der Waals surface area contributed by atoms with Gasteiger partial charge in [0.1, 0.15) is 6.61 Å². The number of amides is 1. The van der Waals surface area contributed by atoms with Crippen molar-refractivity contribution >= 4 is 6.09 Å². The fourth-order valence-corrected chi connectivity index (χ4v) is 2.76. The van der Waals surface area contributed by atoms with Gasteiger partial charge < -0.3 is 19.1 Å². The van der Waals surface area contributed by atoms with Crippen LogP contribution in [0.3, 0.4) is 0 Å². The molecule has 0 radical (unpaired) electrons. The van der Waals surface area contributed by atoms with Crippen LogP contribution < -0.4 is 0 Å². The molecule has 2 aliphatic heterocycles. The van der Waals surface area contributed by atoms with E-state index in [1.807, 2.05) is 0 Å². The highest BCUT2D eigenvalue weighted by Crippen LogP contribution is 2.30. The second kappa shape index (κ2) is 7.42. The number of hydrogen-bond acceptors (Lipinski definition) is 5. The number of nitrogens with zero attached hydrogens (tertiary/aromatic N) is 2. The Hall–Kier alpha value is -0.850. The molecule has 0 N–H and O–H groups in total. The molecule has 1 unspecified atom stereocenters. The van der Waals surface area contributed by atoms with Crippen molar-refractivity contribution in [3.63, 3.8) is 0 Å². The lowest BCUT2D eigenvalue weighted by atomic mass is 10.3. The van der Waals surface area contributed by atoms with Gasteiger partial charge in [-0.2, -0.15) is 0 Å². The van der Waals surface area contributed by atoms with E-state index in [4.69, 9.17) is 14.2 Å². The lowest BCUT2D eigenvalue weighted by molar-refractivity contribution is 0.0236. The maximum absolute atomic E-state index is 12.0. The number of hydrogen-bond donors (Lipinski definition) is 0. The predicted molar refractivity (Wildman–Crippen MR) is 77.3 cm³/mol. The number of morpholine rings is 1. The predicted octanol–water partition coefficient (Wildman–Crippen LogP) is 0.956. The molecule has 0 aromatic carbocycles. The maximum atomic E-state index is 12.0. The normalized spacial score (nSPS) is 27.0. The van der Waals surface area contributed by atoms with E-state index in [1.54, 1.807) is 4.90 Å². The van der Waals surface area contributed by atoms with Crippen molar-refractivity contribution in [3.8, 4) is 0 Å². The lowest BCUT2D eigenvalue weighted by Crippen LogP contribution is -2.39. The minimum atomic E-state index is -0.194. The molecule has 120 valence electrons. The Balaban J connectivity index is 1.28. The summed E-state index contributed by atoms with van der Waals surface area (Å²) in [5.74, 6) is 0.777. The molecular formula is C15H26N2O4. The monoisotopic (exact) mass is 298 g/mol. The molecule has 0 aromatic rings. The summed E-state index contributed by atoms with van der Waals surface area (Å²) in [6, 6.07) is 0. The van der Waals surface area contributed by atoms with Gasteiger partial charge in [0.2, 0.25) is 0 Å². The summed E-state index contributed by atoms with van der Waals surface area (Å²) in [5.41, 5.74) is 0. The highest BCUT2D eigenvalue weighted by Gasteiger charge is 2.30.